The molecule has 2 atom stereocenters. The van der Waals surface area contributed by atoms with Crippen LogP contribution < -0.4 is 10.1 Å². The zero-order valence-electron chi connectivity index (χ0n) is 18.3. The molecule has 168 valence electrons. The number of aromatic nitrogens is 1. The molecule has 2 aliphatic rings. The lowest BCUT2D eigenvalue weighted by molar-refractivity contribution is -0.133. The van der Waals surface area contributed by atoms with Crippen LogP contribution in [0.25, 0.3) is 10.9 Å². The van der Waals surface area contributed by atoms with Crippen LogP contribution in [0, 0.1) is 0 Å². The van der Waals surface area contributed by atoms with E-state index in [0.717, 1.165) is 41.0 Å². The maximum absolute atomic E-state index is 13.7. The summed E-state index contributed by atoms with van der Waals surface area (Å²) in [7, 11) is 1.62. The van der Waals surface area contributed by atoms with Crippen LogP contribution in [0.4, 0.5) is 0 Å². The highest BCUT2D eigenvalue weighted by atomic mass is 32.1. The van der Waals surface area contributed by atoms with E-state index in [2.05, 4.69) is 5.32 Å². The van der Waals surface area contributed by atoms with Gasteiger partial charge in [0.25, 0.3) is 5.91 Å². The molecule has 1 saturated heterocycles. The normalized spacial score (nSPS) is 22.9. The number of amides is 2. The number of benzene rings is 1. The number of ether oxygens (including phenoxy) is 2. The van der Waals surface area contributed by atoms with Gasteiger partial charge in [-0.25, -0.2) is 0 Å². The van der Waals surface area contributed by atoms with Crippen molar-refractivity contribution in [2.75, 3.05) is 20.3 Å². The van der Waals surface area contributed by atoms with Crippen LogP contribution >= 0.6 is 11.3 Å². The number of carbonyl (C=O) groups excluding carboxylic acids is 2. The van der Waals surface area contributed by atoms with Crippen LogP contribution in [0.2, 0.25) is 0 Å². The van der Waals surface area contributed by atoms with E-state index >= 15 is 0 Å². The number of hydrogen-bond acceptors (Lipinski definition) is 5. The molecular weight excluding hydrogens is 426 g/mol. The van der Waals surface area contributed by atoms with E-state index in [-0.39, 0.29) is 17.9 Å². The summed E-state index contributed by atoms with van der Waals surface area (Å²) in [4.78, 5) is 30.0. The number of hydrogen-bond donors (Lipinski definition) is 1. The summed E-state index contributed by atoms with van der Waals surface area (Å²) in [6.07, 6.45) is 2.00. The topological polar surface area (TPSA) is 72.8 Å². The third-order valence-electron chi connectivity index (χ3n) is 6.53. The molecule has 4 heterocycles. The predicted octanol–water partition coefficient (Wildman–Crippen LogP) is 3.42. The summed E-state index contributed by atoms with van der Waals surface area (Å²) in [5, 5.41) is 6.01. The Kier molecular flexibility index (Phi) is 5.43. The second-order valence-electron chi connectivity index (χ2n) is 8.63. The van der Waals surface area contributed by atoms with Gasteiger partial charge >= 0.3 is 0 Å². The highest BCUT2D eigenvalue weighted by Crippen LogP contribution is 2.35. The van der Waals surface area contributed by atoms with E-state index in [1.54, 1.807) is 23.3 Å². The molecule has 5 rings (SSSR count). The van der Waals surface area contributed by atoms with Crippen molar-refractivity contribution in [2.24, 2.45) is 0 Å². The Morgan fingerprint density at radius 1 is 1.34 bits per heavy atom. The van der Waals surface area contributed by atoms with E-state index < -0.39 is 5.54 Å². The van der Waals surface area contributed by atoms with Crippen molar-refractivity contribution in [3.63, 3.8) is 0 Å². The molecule has 2 aromatic heterocycles. The number of fused-ring (bicyclic) bond motifs is 3. The second kappa shape index (κ2) is 8.26. The molecule has 0 bridgehead atoms. The Hall–Kier alpha value is -2.84. The van der Waals surface area contributed by atoms with Crippen LogP contribution in [0.5, 0.6) is 5.75 Å². The molecule has 2 aliphatic heterocycles. The quantitative estimate of drug-likeness (QED) is 0.621. The average molecular weight is 454 g/mol. The lowest BCUT2D eigenvalue weighted by atomic mass is 9.94. The molecule has 2 amide bonds. The summed E-state index contributed by atoms with van der Waals surface area (Å²) in [5.74, 6) is 0.416. The molecule has 0 saturated carbocycles. The number of methoxy groups -OCH3 is 1. The van der Waals surface area contributed by atoms with Gasteiger partial charge in [-0.1, -0.05) is 6.07 Å². The van der Waals surface area contributed by atoms with Crippen LogP contribution in [0.3, 0.4) is 0 Å². The Balaban J connectivity index is 1.53. The monoisotopic (exact) mass is 453 g/mol. The summed E-state index contributed by atoms with van der Waals surface area (Å²) in [6, 6.07) is 11.6. The van der Waals surface area contributed by atoms with Crippen molar-refractivity contribution >= 4 is 34.1 Å². The highest BCUT2D eigenvalue weighted by molar-refractivity contribution is 7.09. The Morgan fingerprint density at radius 3 is 2.94 bits per heavy atom. The van der Waals surface area contributed by atoms with Gasteiger partial charge in [0.2, 0.25) is 5.91 Å². The summed E-state index contributed by atoms with van der Waals surface area (Å²) in [5.41, 5.74) is 0.442. The largest absolute Gasteiger partial charge is 0.497 e. The fourth-order valence-electron chi connectivity index (χ4n) is 4.67. The van der Waals surface area contributed by atoms with Crippen LogP contribution in [-0.2, 0) is 22.6 Å². The zero-order chi connectivity index (χ0) is 22.3. The molecule has 8 heteroatoms. The summed E-state index contributed by atoms with van der Waals surface area (Å²) in [6.45, 7) is 3.82. The maximum atomic E-state index is 13.7. The number of thiophene rings is 1. The van der Waals surface area contributed by atoms with Crippen molar-refractivity contribution in [1.29, 1.82) is 0 Å². The minimum Gasteiger partial charge on any atom is -0.497 e. The third-order valence-corrected chi connectivity index (χ3v) is 7.40. The van der Waals surface area contributed by atoms with E-state index in [1.165, 1.54) is 0 Å². The highest BCUT2D eigenvalue weighted by Gasteiger charge is 2.47. The van der Waals surface area contributed by atoms with Gasteiger partial charge < -0.3 is 24.3 Å². The van der Waals surface area contributed by atoms with Crippen LogP contribution in [0.15, 0.2) is 41.8 Å². The molecule has 1 fully saturated rings. The first kappa shape index (κ1) is 21.0. The van der Waals surface area contributed by atoms with Gasteiger partial charge in [-0.2, -0.15) is 0 Å². The van der Waals surface area contributed by atoms with E-state index in [0.29, 0.717) is 25.3 Å². The number of rotatable bonds is 6. The predicted molar refractivity (Wildman–Crippen MR) is 123 cm³/mol. The Morgan fingerprint density at radius 2 is 2.22 bits per heavy atom. The van der Waals surface area contributed by atoms with Crippen molar-refractivity contribution in [3.05, 3.63) is 52.3 Å². The smallest absolute Gasteiger partial charge is 0.271 e. The first-order valence-corrected chi connectivity index (χ1v) is 11.8. The van der Waals surface area contributed by atoms with Gasteiger partial charge in [-0.15, -0.1) is 11.3 Å². The van der Waals surface area contributed by atoms with Crippen molar-refractivity contribution in [3.8, 4) is 5.75 Å². The molecule has 7 nitrogen and oxygen atoms in total. The molecule has 1 aromatic carbocycles. The van der Waals surface area contributed by atoms with Crippen molar-refractivity contribution in [1.82, 2.24) is 14.8 Å². The van der Waals surface area contributed by atoms with Crippen molar-refractivity contribution < 1.29 is 19.1 Å². The zero-order valence-corrected chi connectivity index (χ0v) is 19.1. The number of nitrogens with one attached hydrogen (secondary N) is 1. The molecule has 1 N–H and O–H groups in total. The van der Waals surface area contributed by atoms with Gasteiger partial charge in [0.15, 0.2) is 0 Å². The molecule has 0 spiro atoms. The van der Waals surface area contributed by atoms with Gasteiger partial charge in [-0.05, 0) is 49.4 Å². The summed E-state index contributed by atoms with van der Waals surface area (Å²) < 4.78 is 13.0. The second-order valence-corrected chi connectivity index (χ2v) is 9.66. The fourth-order valence-corrected chi connectivity index (χ4v) is 5.36. The minimum absolute atomic E-state index is 0.0415. The molecule has 0 radical (unpaired) electrons. The first-order chi connectivity index (χ1) is 15.5. The Labute approximate surface area is 190 Å². The van der Waals surface area contributed by atoms with Crippen LogP contribution in [0.1, 0.15) is 35.1 Å². The van der Waals surface area contributed by atoms with E-state index in [4.69, 9.17) is 9.47 Å². The lowest BCUT2D eigenvalue weighted by Crippen LogP contribution is -2.63. The molecule has 3 aromatic rings. The van der Waals surface area contributed by atoms with Crippen molar-refractivity contribution in [2.45, 2.75) is 44.5 Å². The third kappa shape index (κ3) is 3.57. The maximum Gasteiger partial charge on any atom is 0.271 e. The average Bonchev–Trinajstić information content (AvgIpc) is 3.56. The lowest BCUT2D eigenvalue weighted by Gasteiger charge is -2.44. The molecule has 2 unspecified atom stereocenters. The van der Waals surface area contributed by atoms with Gasteiger partial charge in [0.05, 0.1) is 31.8 Å². The number of carbonyl (C=O) groups is 2. The SMILES string of the molecule is COc1ccc2cc3n(c2c1)CC(C)(C(=O)NCC1CCCO1)N(Cc1cccs1)C3=O. The number of nitrogens with zero attached hydrogens (tertiary/aromatic N) is 2. The standard InChI is InChI=1S/C24H27N3O4S/c1-24(23(29)25-13-18-5-3-9-31-18)15-26-20-12-17(30-2)8-7-16(20)11-21(26)22(28)27(24)14-19-6-4-10-32-19/h4,6-8,10-12,18H,3,5,9,13-15H2,1-2H3,(H,25,29). The molecule has 32 heavy (non-hydrogen) atoms. The van der Waals surface area contributed by atoms with Gasteiger partial charge in [-0.3, -0.25) is 9.59 Å². The molecular formula is C24H27N3O4S. The van der Waals surface area contributed by atoms with E-state index in [9.17, 15) is 9.59 Å². The summed E-state index contributed by atoms with van der Waals surface area (Å²) >= 11 is 1.59. The van der Waals surface area contributed by atoms with Gasteiger partial charge in [0.1, 0.15) is 17.0 Å². The van der Waals surface area contributed by atoms with Gasteiger partial charge in [0, 0.05) is 29.5 Å². The minimum atomic E-state index is -1.04. The first-order valence-electron chi connectivity index (χ1n) is 10.9. The Bertz CT molecular complexity index is 1150. The molecule has 0 aliphatic carbocycles. The fraction of sp³-hybridized carbons (Fsp3) is 0.417. The van der Waals surface area contributed by atoms with Crippen LogP contribution in [-0.4, -0.2) is 53.2 Å². The van der Waals surface area contributed by atoms with E-state index in [1.807, 2.05) is 53.3 Å².